The van der Waals surface area contributed by atoms with Gasteiger partial charge in [-0.2, -0.15) is 0 Å². The summed E-state index contributed by atoms with van der Waals surface area (Å²) in [5.41, 5.74) is 1.25. The van der Waals surface area contributed by atoms with Gasteiger partial charge in [-0.15, -0.1) is 11.8 Å². The van der Waals surface area contributed by atoms with E-state index in [2.05, 4.69) is 31.2 Å². The number of hydrogen-bond donors (Lipinski definition) is 0. The Morgan fingerprint density at radius 3 is 2.80 bits per heavy atom. The van der Waals surface area contributed by atoms with Gasteiger partial charge in [-0.1, -0.05) is 31.6 Å². The fourth-order valence-corrected chi connectivity index (χ4v) is 0.980. The SMILES string of the molecule is C=C(/C=C\SC)CCCC. The molecule has 0 aliphatic rings. The first kappa shape index (κ1) is 9.83. The summed E-state index contributed by atoms with van der Waals surface area (Å²) < 4.78 is 0. The molecule has 0 aromatic carbocycles. The molecule has 0 radical (unpaired) electrons. The van der Waals surface area contributed by atoms with Crippen LogP contribution in [0.2, 0.25) is 0 Å². The van der Waals surface area contributed by atoms with E-state index in [1.54, 1.807) is 11.8 Å². The lowest BCUT2D eigenvalue weighted by molar-refractivity contribution is 0.800. The lowest BCUT2D eigenvalue weighted by Gasteiger charge is -1.95. The average molecular weight is 156 g/mol. The van der Waals surface area contributed by atoms with Crippen molar-refractivity contribution in [3.05, 3.63) is 23.6 Å². The summed E-state index contributed by atoms with van der Waals surface area (Å²) in [6.07, 6.45) is 7.82. The maximum Gasteiger partial charge on any atom is -0.0142 e. The van der Waals surface area contributed by atoms with Crippen molar-refractivity contribution in [1.29, 1.82) is 0 Å². The van der Waals surface area contributed by atoms with Gasteiger partial charge >= 0.3 is 0 Å². The summed E-state index contributed by atoms with van der Waals surface area (Å²) in [6, 6.07) is 0. The molecule has 0 aliphatic carbocycles. The predicted octanol–water partition coefficient (Wildman–Crippen LogP) is 3.61. The number of rotatable bonds is 5. The molecule has 0 fully saturated rings. The Kier molecular flexibility index (Phi) is 6.83. The van der Waals surface area contributed by atoms with E-state index >= 15 is 0 Å². The minimum atomic E-state index is 1.15. The van der Waals surface area contributed by atoms with Crippen molar-refractivity contribution >= 4 is 11.8 Å². The zero-order valence-corrected chi connectivity index (χ0v) is 7.71. The lowest BCUT2D eigenvalue weighted by atomic mass is 10.1. The Morgan fingerprint density at radius 2 is 2.30 bits per heavy atom. The molecule has 0 saturated heterocycles. The highest BCUT2D eigenvalue weighted by Crippen LogP contribution is 2.07. The van der Waals surface area contributed by atoms with Crippen LogP contribution in [0.3, 0.4) is 0 Å². The molecule has 0 rings (SSSR count). The molecule has 0 spiro atoms. The first-order valence-electron chi connectivity index (χ1n) is 3.68. The molecule has 0 N–H and O–H groups in total. The molecule has 0 bridgehead atoms. The molecule has 0 aliphatic heterocycles. The average Bonchev–Trinajstić information content (AvgIpc) is 1.97. The minimum absolute atomic E-state index is 1.15. The molecule has 0 aromatic heterocycles. The summed E-state index contributed by atoms with van der Waals surface area (Å²) >= 11 is 1.72. The van der Waals surface area contributed by atoms with Crippen molar-refractivity contribution in [2.24, 2.45) is 0 Å². The maximum absolute atomic E-state index is 3.93. The molecule has 0 amide bonds. The molecule has 10 heavy (non-hydrogen) atoms. The largest absolute Gasteiger partial charge is 0.138 e. The van der Waals surface area contributed by atoms with Gasteiger partial charge in [0, 0.05) is 0 Å². The Hall–Kier alpha value is -0.170. The van der Waals surface area contributed by atoms with E-state index in [4.69, 9.17) is 0 Å². The van der Waals surface area contributed by atoms with Crippen LogP contribution in [-0.2, 0) is 0 Å². The van der Waals surface area contributed by atoms with Crippen LogP contribution in [0.5, 0.6) is 0 Å². The standard InChI is InChI=1S/C9H16S/c1-4-5-6-9(2)7-8-10-3/h7-8H,2,4-6H2,1,3H3/b8-7-. The van der Waals surface area contributed by atoms with Crippen LogP contribution in [-0.4, -0.2) is 6.26 Å². The van der Waals surface area contributed by atoms with Crippen molar-refractivity contribution in [3.8, 4) is 0 Å². The van der Waals surface area contributed by atoms with Crippen LogP contribution in [0.15, 0.2) is 23.6 Å². The second-order valence-corrected chi connectivity index (χ2v) is 3.04. The van der Waals surface area contributed by atoms with Gasteiger partial charge in [-0.25, -0.2) is 0 Å². The van der Waals surface area contributed by atoms with E-state index in [9.17, 15) is 0 Å². The van der Waals surface area contributed by atoms with Gasteiger partial charge in [-0.3, -0.25) is 0 Å². The molecule has 0 nitrogen and oxygen atoms in total. The lowest BCUT2D eigenvalue weighted by Crippen LogP contribution is -1.74. The zero-order chi connectivity index (χ0) is 7.82. The van der Waals surface area contributed by atoms with E-state index in [0.717, 1.165) is 6.42 Å². The molecule has 0 aromatic rings. The van der Waals surface area contributed by atoms with Gasteiger partial charge in [0.1, 0.15) is 0 Å². The van der Waals surface area contributed by atoms with E-state index in [-0.39, 0.29) is 0 Å². The summed E-state index contributed by atoms with van der Waals surface area (Å²) in [5.74, 6) is 0. The highest BCUT2D eigenvalue weighted by Gasteiger charge is 1.85. The van der Waals surface area contributed by atoms with Gasteiger partial charge in [0.25, 0.3) is 0 Å². The minimum Gasteiger partial charge on any atom is -0.138 e. The van der Waals surface area contributed by atoms with E-state index in [0.29, 0.717) is 0 Å². The first-order chi connectivity index (χ1) is 4.81. The van der Waals surface area contributed by atoms with Gasteiger partial charge in [-0.05, 0) is 24.5 Å². The third-order valence-electron chi connectivity index (χ3n) is 1.29. The summed E-state index contributed by atoms with van der Waals surface area (Å²) in [7, 11) is 0. The summed E-state index contributed by atoms with van der Waals surface area (Å²) in [5, 5.41) is 2.08. The molecule has 0 atom stereocenters. The van der Waals surface area contributed by atoms with E-state index < -0.39 is 0 Å². The normalized spacial score (nSPS) is 10.6. The number of thioether (sulfide) groups is 1. The van der Waals surface area contributed by atoms with Crippen molar-refractivity contribution in [2.45, 2.75) is 26.2 Å². The third-order valence-corrected chi connectivity index (χ3v) is 1.70. The Balaban J connectivity index is 3.34. The molecular weight excluding hydrogens is 140 g/mol. The Morgan fingerprint density at radius 1 is 1.60 bits per heavy atom. The van der Waals surface area contributed by atoms with Crippen LogP contribution < -0.4 is 0 Å². The molecule has 1 heteroatoms. The highest BCUT2D eigenvalue weighted by atomic mass is 32.2. The van der Waals surface area contributed by atoms with Crippen molar-refractivity contribution in [1.82, 2.24) is 0 Å². The fourth-order valence-electron chi connectivity index (χ4n) is 0.651. The van der Waals surface area contributed by atoms with Crippen molar-refractivity contribution in [3.63, 3.8) is 0 Å². The van der Waals surface area contributed by atoms with Gasteiger partial charge in [0.2, 0.25) is 0 Å². The maximum atomic E-state index is 3.93. The highest BCUT2D eigenvalue weighted by molar-refractivity contribution is 8.01. The van der Waals surface area contributed by atoms with E-state index in [1.165, 1.54) is 18.4 Å². The number of unbranched alkanes of at least 4 members (excludes halogenated alkanes) is 1. The molecule has 0 heterocycles. The second kappa shape index (κ2) is 6.94. The van der Waals surface area contributed by atoms with Crippen molar-refractivity contribution in [2.75, 3.05) is 6.26 Å². The van der Waals surface area contributed by atoms with Crippen LogP contribution in [0.25, 0.3) is 0 Å². The van der Waals surface area contributed by atoms with Crippen LogP contribution in [0.1, 0.15) is 26.2 Å². The third kappa shape index (κ3) is 5.96. The summed E-state index contributed by atoms with van der Waals surface area (Å²) in [4.78, 5) is 0. The van der Waals surface area contributed by atoms with Crippen LogP contribution in [0.4, 0.5) is 0 Å². The number of allylic oxidation sites excluding steroid dienone is 2. The predicted molar refractivity (Wildman–Crippen MR) is 51.3 cm³/mol. The van der Waals surface area contributed by atoms with Crippen molar-refractivity contribution < 1.29 is 0 Å². The molecule has 58 valence electrons. The monoisotopic (exact) mass is 156 g/mol. The van der Waals surface area contributed by atoms with E-state index in [1.807, 2.05) is 0 Å². The smallest absolute Gasteiger partial charge is 0.0142 e. The fraction of sp³-hybridized carbons (Fsp3) is 0.556. The Labute approximate surface area is 68.4 Å². The van der Waals surface area contributed by atoms with Gasteiger partial charge in [0.15, 0.2) is 0 Å². The second-order valence-electron chi connectivity index (χ2n) is 2.30. The van der Waals surface area contributed by atoms with Gasteiger partial charge < -0.3 is 0 Å². The number of hydrogen-bond acceptors (Lipinski definition) is 1. The van der Waals surface area contributed by atoms with Crippen LogP contribution in [0, 0.1) is 0 Å². The topological polar surface area (TPSA) is 0 Å². The Bertz CT molecular complexity index is 114. The molecule has 0 unspecified atom stereocenters. The first-order valence-corrected chi connectivity index (χ1v) is 4.97. The van der Waals surface area contributed by atoms with Gasteiger partial charge in [0.05, 0.1) is 0 Å². The quantitative estimate of drug-likeness (QED) is 0.548. The van der Waals surface area contributed by atoms with Crippen LogP contribution >= 0.6 is 11.8 Å². The zero-order valence-electron chi connectivity index (χ0n) is 6.89. The molecular formula is C9H16S. The molecule has 0 saturated carbocycles. The summed E-state index contributed by atoms with van der Waals surface area (Å²) in [6.45, 7) is 6.13.